The summed E-state index contributed by atoms with van der Waals surface area (Å²) in [5.74, 6) is 1.40. The van der Waals surface area contributed by atoms with Crippen molar-refractivity contribution in [1.82, 2.24) is 0 Å². The highest BCUT2D eigenvalue weighted by molar-refractivity contribution is 4.56. The fraction of sp³-hybridized carbons (Fsp3) is 1.00. The van der Waals surface area contributed by atoms with Crippen LogP contribution in [0.25, 0.3) is 0 Å². The molecule has 0 aromatic rings. The fourth-order valence-electron chi connectivity index (χ4n) is 2.85. The first-order valence-corrected chi connectivity index (χ1v) is 11.1. The lowest BCUT2D eigenvalue weighted by atomic mass is 10.0. The van der Waals surface area contributed by atoms with E-state index < -0.39 is 0 Å². The second-order valence-electron chi connectivity index (χ2n) is 7.21. The van der Waals surface area contributed by atoms with Crippen LogP contribution in [0.15, 0.2) is 0 Å². The Labute approximate surface area is 163 Å². The normalized spacial score (nSPS) is 13.8. The molecule has 0 spiro atoms. The van der Waals surface area contributed by atoms with Crippen LogP contribution in [-0.4, -0.2) is 52.9 Å². The molecule has 0 aliphatic heterocycles. The van der Waals surface area contributed by atoms with E-state index in [1.54, 1.807) is 0 Å². The van der Waals surface area contributed by atoms with Crippen LogP contribution in [0.1, 0.15) is 79.1 Å². The van der Waals surface area contributed by atoms with Gasteiger partial charge >= 0.3 is 0 Å². The average molecular weight is 375 g/mol. The summed E-state index contributed by atoms with van der Waals surface area (Å²) in [5.41, 5.74) is 0. The molecule has 0 bridgehead atoms. The van der Waals surface area contributed by atoms with Gasteiger partial charge < -0.3 is 18.9 Å². The minimum absolute atomic E-state index is 0.629. The zero-order valence-electron chi connectivity index (χ0n) is 18.1. The van der Waals surface area contributed by atoms with E-state index in [4.69, 9.17) is 18.9 Å². The molecule has 0 aliphatic carbocycles. The second kappa shape index (κ2) is 21.1. The monoisotopic (exact) mass is 374 g/mol. The zero-order valence-corrected chi connectivity index (χ0v) is 18.1. The average Bonchev–Trinajstić information content (AvgIpc) is 2.67. The zero-order chi connectivity index (χ0) is 19.3. The Morgan fingerprint density at radius 2 is 0.846 bits per heavy atom. The summed E-state index contributed by atoms with van der Waals surface area (Å²) in [6, 6.07) is 0. The van der Waals surface area contributed by atoms with Crippen molar-refractivity contribution in [2.75, 3.05) is 52.9 Å². The minimum atomic E-state index is 0.629. The van der Waals surface area contributed by atoms with Gasteiger partial charge in [0.2, 0.25) is 0 Å². The van der Waals surface area contributed by atoms with Gasteiger partial charge in [-0.1, -0.05) is 66.2 Å². The molecule has 0 amide bonds. The molecular weight excluding hydrogens is 328 g/mol. The van der Waals surface area contributed by atoms with Gasteiger partial charge in [-0.2, -0.15) is 0 Å². The van der Waals surface area contributed by atoms with Gasteiger partial charge in [0.15, 0.2) is 0 Å². The van der Waals surface area contributed by atoms with Crippen molar-refractivity contribution >= 4 is 0 Å². The first kappa shape index (κ1) is 25.8. The van der Waals surface area contributed by atoms with Gasteiger partial charge in [0.05, 0.1) is 39.6 Å². The maximum atomic E-state index is 5.72. The third-order valence-electron chi connectivity index (χ3n) is 4.91. The molecule has 0 radical (unpaired) electrons. The van der Waals surface area contributed by atoms with E-state index in [1.165, 1.54) is 51.4 Å². The Kier molecular flexibility index (Phi) is 21.0. The van der Waals surface area contributed by atoms with Crippen LogP contribution >= 0.6 is 0 Å². The Bertz CT molecular complexity index is 235. The van der Waals surface area contributed by atoms with Crippen molar-refractivity contribution in [3.63, 3.8) is 0 Å². The molecule has 0 saturated heterocycles. The fourth-order valence-corrected chi connectivity index (χ4v) is 2.85. The lowest BCUT2D eigenvalue weighted by Crippen LogP contribution is -2.15. The van der Waals surface area contributed by atoms with Gasteiger partial charge in [0.1, 0.15) is 0 Å². The topological polar surface area (TPSA) is 36.9 Å². The van der Waals surface area contributed by atoms with Crippen molar-refractivity contribution in [1.29, 1.82) is 0 Å². The van der Waals surface area contributed by atoms with Crippen molar-refractivity contribution in [3.05, 3.63) is 0 Å². The van der Waals surface area contributed by atoms with E-state index in [-0.39, 0.29) is 0 Å². The van der Waals surface area contributed by atoms with E-state index in [0.29, 0.717) is 51.5 Å². The molecule has 26 heavy (non-hydrogen) atoms. The maximum absolute atomic E-state index is 5.72. The molecule has 4 heteroatoms. The third-order valence-corrected chi connectivity index (χ3v) is 4.91. The van der Waals surface area contributed by atoms with Gasteiger partial charge in [0, 0.05) is 13.2 Å². The lowest BCUT2D eigenvalue weighted by molar-refractivity contribution is -0.0103. The third kappa shape index (κ3) is 17.3. The lowest BCUT2D eigenvalue weighted by Gasteiger charge is -2.15. The van der Waals surface area contributed by atoms with Crippen molar-refractivity contribution in [2.45, 2.75) is 79.1 Å². The SMILES string of the molecule is CCCCC(CC)COCCOCCOCCOCC(CC)CCCC. The summed E-state index contributed by atoms with van der Waals surface area (Å²) < 4.78 is 22.5. The van der Waals surface area contributed by atoms with Crippen molar-refractivity contribution in [3.8, 4) is 0 Å². The first-order chi connectivity index (χ1) is 12.8. The number of hydrogen-bond donors (Lipinski definition) is 0. The van der Waals surface area contributed by atoms with E-state index in [2.05, 4.69) is 27.7 Å². The maximum Gasteiger partial charge on any atom is 0.0701 e. The number of unbranched alkanes of at least 4 members (excludes halogenated alkanes) is 2. The van der Waals surface area contributed by atoms with Crippen LogP contribution in [0, 0.1) is 11.8 Å². The molecule has 2 unspecified atom stereocenters. The van der Waals surface area contributed by atoms with Gasteiger partial charge in [-0.05, 0) is 24.7 Å². The Morgan fingerprint density at radius 1 is 0.500 bits per heavy atom. The van der Waals surface area contributed by atoms with E-state index in [0.717, 1.165) is 13.2 Å². The van der Waals surface area contributed by atoms with Crippen LogP contribution in [0.3, 0.4) is 0 Å². The van der Waals surface area contributed by atoms with Gasteiger partial charge in [-0.15, -0.1) is 0 Å². The summed E-state index contributed by atoms with van der Waals surface area (Å²) in [4.78, 5) is 0. The summed E-state index contributed by atoms with van der Waals surface area (Å²) in [5, 5.41) is 0. The summed E-state index contributed by atoms with van der Waals surface area (Å²) >= 11 is 0. The van der Waals surface area contributed by atoms with Gasteiger partial charge in [-0.3, -0.25) is 0 Å². The summed E-state index contributed by atoms with van der Waals surface area (Å²) in [6.45, 7) is 14.6. The minimum Gasteiger partial charge on any atom is -0.379 e. The van der Waals surface area contributed by atoms with E-state index >= 15 is 0 Å². The molecule has 0 N–H and O–H groups in total. The highest BCUT2D eigenvalue weighted by Gasteiger charge is 2.06. The van der Waals surface area contributed by atoms with Crippen LogP contribution in [0.2, 0.25) is 0 Å². The Balaban J connectivity index is 3.28. The standard InChI is InChI=1S/C22H46O4/c1-5-9-11-21(7-3)19-25-17-15-23-13-14-24-16-18-26-20-22(8-4)12-10-6-2/h21-22H,5-20H2,1-4H3. The summed E-state index contributed by atoms with van der Waals surface area (Å²) in [7, 11) is 0. The van der Waals surface area contributed by atoms with Crippen LogP contribution in [0.5, 0.6) is 0 Å². The molecule has 0 aromatic carbocycles. The summed E-state index contributed by atoms with van der Waals surface area (Å²) in [6.07, 6.45) is 10.1. The second-order valence-corrected chi connectivity index (χ2v) is 7.21. The number of ether oxygens (including phenoxy) is 4. The van der Waals surface area contributed by atoms with E-state index in [9.17, 15) is 0 Å². The molecule has 0 aromatic heterocycles. The predicted molar refractivity (Wildman–Crippen MR) is 110 cm³/mol. The Hall–Kier alpha value is -0.160. The van der Waals surface area contributed by atoms with E-state index in [1.807, 2.05) is 0 Å². The molecule has 158 valence electrons. The van der Waals surface area contributed by atoms with Gasteiger partial charge in [0.25, 0.3) is 0 Å². The highest BCUT2D eigenvalue weighted by atomic mass is 16.6. The molecule has 0 aliphatic rings. The van der Waals surface area contributed by atoms with Gasteiger partial charge in [-0.25, -0.2) is 0 Å². The molecule has 2 atom stereocenters. The molecular formula is C22H46O4. The molecule has 0 fully saturated rings. The smallest absolute Gasteiger partial charge is 0.0701 e. The Morgan fingerprint density at radius 3 is 1.15 bits per heavy atom. The molecule has 4 nitrogen and oxygen atoms in total. The van der Waals surface area contributed by atoms with Crippen LogP contribution < -0.4 is 0 Å². The van der Waals surface area contributed by atoms with Crippen molar-refractivity contribution < 1.29 is 18.9 Å². The van der Waals surface area contributed by atoms with Crippen LogP contribution in [-0.2, 0) is 18.9 Å². The van der Waals surface area contributed by atoms with Crippen molar-refractivity contribution in [2.24, 2.45) is 11.8 Å². The van der Waals surface area contributed by atoms with Crippen LogP contribution in [0.4, 0.5) is 0 Å². The first-order valence-electron chi connectivity index (χ1n) is 11.1. The number of hydrogen-bond acceptors (Lipinski definition) is 4. The molecule has 0 saturated carbocycles. The predicted octanol–water partition coefficient (Wildman–Crippen LogP) is 5.49. The number of rotatable bonds is 21. The largest absolute Gasteiger partial charge is 0.379 e. The quantitative estimate of drug-likeness (QED) is 0.249. The molecule has 0 rings (SSSR count). The highest BCUT2D eigenvalue weighted by Crippen LogP contribution is 2.13. The molecule has 0 heterocycles.